The van der Waals surface area contributed by atoms with E-state index in [9.17, 15) is 53.4 Å². The Morgan fingerprint density at radius 3 is 2.04 bits per heavy atom. The monoisotopic (exact) mass is 1060 g/mol. The zero-order valence-corrected chi connectivity index (χ0v) is 42.4. The van der Waals surface area contributed by atoms with Gasteiger partial charge in [-0.05, 0) is 108 Å². The van der Waals surface area contributed by atoms with E-state index in [2.05, 4.69) is 42.2 Å². The fourth-order valence-electron chi connectivity index (χ4n) is 7.98. The lowest BCUT2D eigenvalue weighted by atomic mass is 9.97. The van der Waals surface area contributed by atoms with Crippen LogP contribution in [0.5, 0.6) is 0 Å². The van der Waals surface area contributed by atoms with Crippen LogP contribution in [0.1, 0.15) is 89.0 Å². The first-order valence-corrected chi connectivity index (χ1v) is 24.9. The number of aliphatic carboxylic acids is 1. The molecule has 0 spiro atoms. The van der Waals surface area contributed by atoms with Crippen LogP contribution in [0, 0.1) is 0 Å². The molecule has 1 aromatic rings. The molecule has 1 aromatic carbocycles. The molecule has 1 heterocycles. The van der Waals surface area contributed by atoms with Gasteiger partial charge in [-0.25, -0.2) is 4.79 Å². The zero-order valence-electron chi connectivity index (χ0n) is 41.6. The van der Waals surface area contributed by atoms with Gasteiger partial charge in [0.15, 0.2) is 5.96 Å². The number of aliphatic hydroxyl groups is 1. The number of hydrogen-bond acceptors (Lipinski definition) is 16. The number of carbonyl (C=O) groups excluding carboxylic acids is 8. The van der Waals surface area contributed by atoms with E-state index in [1.54, 1.807) is 24.3 Å². The topological polar surface area (TPSA) is 476 Å². The number of nitrogens with one attached hydrogen (secondary N) is 7. The van der Waals surface area contributed by atoms with Crippen LogP contribution >= 0.6 is 11.6 Å². The van der Waals surface area contributed by atoms with Gasteiger partial charge in [0.25, 0.3) is 0 Å². The van der Waals surface area contributed by atoms with Crippen molar-refractivity contribution >= 4 is 70.8 Å². The third-order valence-electron chi connectivity index (χ3n) is 12.4. The Balaban J connectivity index is 1.74. The minimum Gasteiger partial charge on any atom is -0.477 e. The van der Waals surface area contributed by atoms with E-state index in [0.29, 0.717) is 42.8 Å². The predicted octanol–water partition coefficient (Wildman–Crippen LogP) is -5.25. The second-order valence-corrected chi connectivity index (χ2v) is 18.5. The molecule has 2 aliphatic rings. The van der Waals surface area contributed by atoms with Gasteiger partial charge >= 0.3 is 5.97 Å². The summed E-state index contributed by atoms with van der Waals surface area (Å²) in [5, 5.41) is 38.3. The summed E-state index contributed by atoms with van der Waals surface area (Å²) in [6.45, 7) is 1.19. The maximum atomic E-state index is 14.5. The average molecular weight is 1060 g/mol. The lowest BCUT2D eigenvalue weighted by Gasteiger charge is -2.42. The summed E-state index contributed by atoms with van der Waals surface area (Å²) in [7, 11) is 0. The van der Waals surface area contributed by atoms with Crippen molar-refractivity contribution in [2.45, 2.75) is 131 Å². The van der Waals surface area contributed by atoms with Crippen LogP contribution in [-0.2, 0) is 43.2 Å². The van der Waals surface area contributed by atoms with Gasteiger partial charge in [0, 0.05) is 30.6 Å². The summed E-state index contributed by atoms with van der Waals surface area (Å²) in [5.74, 6) is -8.52. The highest BCUT2D eigenvalue weighted by Gasteiger charge is 2.63. The third-order valence-corrected chi connectivity index (χ3v) is 12.7. The summed E-state index contributed by atoms with van der Waals surface area (Å²) in [4.78, 5) is 126. The Labute approximate surface area is 434 Å². The number of carboxylic acid groups (broad SMARTS) is 1. The molecular weight excluding hydrogens is 988 g/mol. The molecule has 1 saturated carbocycles. The van der Waals surface area contributed by atoms with Crippen LogP contribution in [0.15, 0.2) is 41.0 Å². The molecule has 27 nitrogen and oxygen atoms in total. The molecule has 1 saturated heterocycles. The molecule has 1 aliphatic carbocycles. The van der Waals surface area contributed by atoms with Gasteiger partial charge in [-0.3, -0.25) is 43.3 Å². The number of aliphatic imine (C=N–C) groups is 1. The van der Waals surface area contributed by atoms with Crippen molar-refractivity contribution in [2.75, 3.05) is 45.8 Å². The van der Waals surface area contributed by atoms with Crippen molar-refractivity contribution in [3.63, 3.8) is 0 Å². The molecule has 74 heavy (non-hydrogen) atoms. The van der Waals surface area contributed by atoms with Gasteiger partial charge < -0.3 is 92.5 Å². The lowest BCUT2D eigenvalue weighted by Crippen LogP contribution is -2.65. The summed E-state index contributed by atoms with van der Waals surface area (Å²) in [6.07, 6.45) is 2.67. The zero-order chi connectivity index (χ0) is 55.1. The van der Waals surface area contributed by atoms with E-state index in [0.717, 1.165) is 0 Å². The molecular formula is C46H75ClN16O11. The van der Waals surface area contributed by atoms with E-state index in [-0.39, 0.29) is 77.1 Å². The summed E-state index contributed by atoms with van der Waals surface area (Å²) < 4.78 is 0. The Bertz CT molecular complexity index is 2180. The van der Waals surface area contributed by atoms with Crippen molar-refractivity contribution in [3.05, 3.63) is 46.6 Å². The number of amides is 8. The molecule has 1 aliphatic heterocycles. The smallest absolute Gasteiger partial charge is 0.352 e. The molecule has 1 unspecified atom stereocenters. The van der Waals surface area contributed by atoms with Crippen LogP contribution in [0.2, 0.25) is 5.02 Å². The van der Waals surface area contributed by atoms with E-state index >= 15 is 0 Å². The number of carboxylic acids is 1. The largest absolute Gasteiger partial charge is 0.477 e. The van der Waals surface area contributed by atoms with Crippen LogP contribution in [0.3, 0.4) is 0 Å². The molecule has 2 fully saturated rings. The number of guanidine groups is 1. The number of hydrogen-bond donors (Lipinski definition) is 16. The summed E-state index contributed by atoms with van der Waals surface area (Å²) in [5.41, 5.74) is 37.7. The first kappa shape index (κ1) is 61.8. The minimum absolute atomic E-state index is 0.0418. The highest BCUT2D eigenvalue weighted by molar-refractivity contribution is 6.30. The third kappa shape index (κ3) is 18.8. The quantitative estimate of drug-likeness (QED) is 0.0135. The van der Waals surface area contributed by atoms with Crippen molar-refractivity contribution in [2.24, 2.45) is 45.1 Å². The molecule has 8 amide bonds. The number of carbonyl (C=O) groups is 9. The number of rotatable bonds is 33. The molecule has 412 valence electrons. The number of unbranched alkanes of at least 4 members (excludes halogenated alkanes) is 2. The average Bonchev–Trinajstić information content (AvgIpc) is 4.07. The summed E-state index contributed by atoms with van der Waals surface area (Å²) >= 11 is 6.16. The molecule has 23 N–H and O–H groups in total. The summed E-state index contributed by atoms with van der Waals surface area (Å²) in [6, 6.07) is -0.837. The number of benzene rings is 1. The fraction of sp³-hybridized carbons (Fsp3) is 0.609. The highest BCUT2D eigenvalue weighted by Crippen LogP contribution is 2.52. The van der Waals surface area contributed by atoms with Gasteiger partial charge in [-0.1, -0.05) is 36.2 Å². The van der Waals surface area contributed by atoms with Gasteiger partial charge in [0.2, 0.25) is 47.3 Å². The van der Waals surface area contributed by atoms with Gasteiger partial charge in [-0.2, -0.15) is 0 Å². The number of nitrogens with zero attached hydrogens (tertiary/aromatic N) is 2. The maximum absolute atomic E-state index is 14.5. The highest BCUT2D eigenvalue weighted by atomic mass is 35.5. The number of nitrogens with two attached hydrogens (primary N) is 7. The van der Waals surface area contributed by atoms with Crippen molar-refractivity contribution < 1.29 is 53.4 Å². The minimum atomic E-state index is -1.63. The number of likely N-dealkylation sites (tertiary alicyclic amines) is 1. The fourth-order valence-corrected chi connectivity index (χ4v) is 8.11. The van der Waals surface area contributed by atoms with Crippen LogP contribution in [0.4, 0.5) is 0 Å². The van der Waals surface area contributed by atoms with Gasteiger partial charge in [-0.15, -0.1) is 0 Å². The van der Waals surface area contributed by atoms with Crippen molar-refractivity contribution in [1.29, 1.82) is 0 Å². The Kier molecular flexibility index (Phi) is 25.6. The SMILES string of the molecule is C[C@H](NC(=O)[C@@H](NC(=O)[C@@H](N)CCCCN)[C@@H](O)CN)C(=O)NCC(=O)N[C@H](CCCN)C(=O)N1CC[C@H]1C(=O)NC1(C(=O)N[C@@H](CCCCN)C(=O)N/C(=C\CCN=C(N)N)C(=O)O)C[C@H]1c1ccc(Cl)cc1. The first-order valence-electron chi connectivity index (χ1n) is 24.5. The van der Waals surface area contributed by atoms with Crippen molar-refractivity contribution in [3.8, 4) is 0 Å². The van der Waals surface area contributed by atoms with Crippen LogP contribution < -0.4 is 77.4 Å². The predicted molar refractivity (Wildman–Crippen MR) is 272 cm³/mol. The van der Waals surface area contributed by atoms with E-state index in [1.807, 2.05) is 0 Å². The van der Waals surface area contributed by atoms with E-state index < -0.39 is 126 Å². The van der Waals surface area contributed by atoms with E-state index in [1.165, 1.54) is 17.9 Å². The number of halogens is 1. The Morgan fingerprint density at radius 2 is 1.46 bits per heavy atom. The standard InChI is InChI=1S/C46H75ClN16O11/c1-25(57-41(70)36(34(64)23-51)61-38(67)29(52)8-2-4-17-48)37(66)56-24-35(65)58-31(10-6-19-50)42(71)63-21-16-33(63)40(69)62-46(22-28(46)26-12-14-27(47)15-13-26)44(74)60-30(9-3-5-18-49)39(68)59-32(43(72)73)11-7-20-55-45(53)54/h11-15,25,28-31,33-34,36,64H,2-10,16-24,48-52H2,1H3,(H,56,66)(H,57,70)(H,58,65)(H,59,68)(H,60,74)(H,61,67)(H,62,69)(H,72,73)(H4,53,54,55)/b32-11-/t25-,28-,29-,30-,31+,33-,34-,36-,46?/m0/s1. The number of aliphatic hydroxyl groups excluding tert-OH is 1. The molecule has 9 atom stereocenters. The lowest BCUT2D eigenvalue weighted by molar-refractivity contribution is -0.151. The molecule has 0 radical (unpaired) electrons. The van der Waals surface area contributed by atoms with Gasteiger partial charge in [0.1, 0.15) is 41.4 Å². The second-order valence-electron chi connectivity index (χ2n) is 18.1. The Hall–Kier alpha value is -6.49. The molecule has 28 heteroatoms. The maximum Gasteiger partial charge on any atom is 0.352 e. The molecule has 0 bridgehead atoms. The van der Waals surface area contributed by atoms with Crippen molar-refractivity contribution in [1.82, 2.24) is 42.1 Å². The normalized spacial score (nSPS) is 19.4. The Morgan fingerprint density at radius 1 is 0.824 bits per heavy atom. The second kappa shape index (κ2) is 30.6. The molecule has 0 aromatic heterocycles. The van der Waals surface area contributed by atoms with E-state index in [4.69, 9.17) is 51.7 Å². The van der Waals surface area contributed by atoms with Gasteiger partial charge in [0.05, 0.1) is 18.7 Å². The van der Waals surface area contributed by atoms with Crippen LogP contribution in [0.25, 0.3) is 0 Å². The molecule has 3 rings (SSSR count). The van der Waals surface area contributed by atoms with Crippen LogP contribution in [-0.4, -0.2) is 168 Å². The first-order chi connectivity index (χ1) is 35.1.